The Kier molecular flexibility index (Phi) is 6.74. The Morgan fingerprint density at radius 1 is 1.21 bits per heavy atom. The van der Waals surface area contributed by atoms with Crippen molar-refractivity contribution in [2.45, 2.75) is 66.0 Å². The second-order valence-electron chi connectivity index (χ2n) is 11.1. The number of Topliss-reactive ketones (excluding diaryl/α,β-unsaturated/α-hetero) is 1. The van der Waals surface area contributed by atoms with E-state index in [1.165, 1.54) is 11.1 Å². The summed E-state index contributed by atoms with van der Waals surface area (Å²) in [5.41, 5.74) is 2.73. The molecular weight excluding hydrogens is 422 g/mol. The third kappa shape index (κ3) is 4.33. The third-order valence-electron chi connectivity index (χ3n) is 8.58. The Morgan fingerprint density at radius 2 is 1.91 bits per heavy atom. The van der Waals surface area contributed by atoms with E-state index in [1.54, 1.807) is 13.2 Å². The maximum absolute atomic E-state index is 14.3. The molecule has 4 heteroatoms. The van der Waals surface area contributed by atoms with Crippen molar-refractivity contribution in [3.05, 3.63) is 70.8 Å². The van der Waals surface area contributed by atoms with Gasteiger partial charge >= 0.3 is 0 Å². The van der Waals surface area contributed by atoms with Gasteiger partial charge in [0.1, 0.15) is 0 Å². The largest absolute Gasteiger partial charge is 0.355 e. The van der Waals surface area contributed by atoms with Crippen molar-refractivity contribution in [1.82, 2.24) is 5.32 Å². The van der Waals surface area contributed by atoms with Gasteiger partial charge in [-0.05, 0) is 62.5 Å². The SMILES string of the molecule is C/C=C(\C)[C@@H]1C(C)=C[C@]2(C)C[C@H](C)CC[C@H]2[C@@H]1C(=O)C1=C[C@](Cc2ccccc2)(OC)NC1=O. The molecule has 0 aromatic heterocycles. The lowest BCUT2D eigenvalue weighted by atomic mass is 9.52. The minimum Gasteiger partial charge on any atom is -0.355 e. The highest BCUT2D eigenvalue weighted by molar-refractivity contribution is 6.22. The lowest BCUT2D eigenvalue weighted by Gasteiger charge is -2.52. The van der Waals surface area contributed by atoms with Gasteiger partial charge in [0.2, 0.25) is 0 Å². The molecule has 0 unspecified atom stereocenters. The van der Waals surface area contributed by atoms with Crippen molar-refractivity contribution >= 4 is 11.7 Å². The molecule has 4 rings (SSSR count). The number of ether oxygens (including phenoxy) is 1. The van der Waals surface area contributed by atoms with Crippen LogP contribution in [0.5, 0.6) is 0 Å². The van der Waals surface area contributed by atoms with Gasteiger partial charge in [-0.2, -0.15) is 0 Å². The highest BCUT2D eigenvalue weighted by Crippen LogP contribution is 2.56. The highest BCUT2D eigenvalue weighted by Gasteiger charge is 2.53. The number of carbonyl (C=O) groups is 2. The smallest absolute Gasteiger partial charge is 0.257 e. The molecule has 1 heterocycles. The molecule has 34 heavy (non-hydrogen) atoms. The molecule has 0 radical (unpaired) electrons. The van der Waals surface area contributed by atoms with Crippen LogP contribution in [0.2, 0.25) is 0 Å². The van der Waals surface area contributed by atoms with Gasteiger partial charge in [-0.1, -0.05) is 73.9 Å². The minimum absolute atomic E-state index is 0.0232. The summed E-state index contributed by atoms with van der Waals surface area (Å²) in [5.74, 6) is 0.303. The number of nitrogens with one attached hydrogen (secondary N) is 1. The molecule has 182 valence electrons. The summed E-state index contributed by atoms with van der Waals surface area (Å²) in [6.07, 6.45) is 10.0. The number of fused-ring (bicyclic) bond motifs is 1. The van der Waals surface area contributed by atoms with Crippen molar-refractivity contribution in [2.75, 3.05) is 7.11 Å². The Balaban J connectivity index is 1.75. The van der Waals surface area contributed by atoms with Gasteiger partial charge in [0.15, 0.2) is 11.5 Å². The van der Waals surface area contributed by atoms with Crippen LogP contribution in [-0.2, 0) is 20.7 Å². The Morgan fingerprint density at radius 3 is 2.56 bits per heavy atom. The second-order valence-corrected chi connectivity index (χ2v) is 11.1. The van der Waals surface area contributed by atoms with Crippen LogP contribution >= 0.6 is 0 Å². The van der Waals surface area contributed by atoms with Crippen molar-refractivity contribution in [1.29, 1.82) is 0 Å². The van der Waals surface area contributed by atoms with Crippen LogP contribution in [-0.4, -0.2) is 24.5 Å². The lowest BCUT2D eigenvalue weighted by Crippen LogP contribution is -2.48. The standard InChI is InChI=1S/C30H39NO3/c1-7-20(3)25-21(4)16-29(5)15-19(2)13-14-24(29)26(25)27(32)23-18-30(34-6,31-28(23)33)17-22-11-9-8-10-12-22/h7-12,16,18-19,24-26H,13-15,17H2,1-6H3,(H,31,33)/b20-7+/t19-,24+,25-,26+,29+,30+/m1/s1. The van der Waals surface area contributed by atoms with Crippen LogP contribution in [0.15, 0.2) is 65.3 Å². The summed E-state index contributed by atoms with van der Waals surface area (Å²) in [6.45, 7) is 11.0. The monoisotopic (exact) mass is 461 g/mol. The summed E-state index contributed by atoms with van der Waals surface area (Å²) in [6, 6.07) is 9.92. The molecule has 4 nitrogen and oxygen atoms in total. The Bertz CT molecular complexity index is 1050. The zero-order valence-corrected chi connectivity index (χ0v) is 21.5. The van der Waals surface area contributed by atoms with Crippen LogP contribution in [0.1, 0.15) is 59.4 Å². The Hall–Kier alpha value is -2.46. The van der Waals surface area contributed by atoms with Crippen LogP contribution in [0, 0.1) is 29.1 Å². The molecule has 1 amide bonds. The van der Waals surface area contributed by atoms with Gasteiger partial charge in [-0.15, -0.1) is 0 Å². The van der Waals surface area contributed by atoms with E-state index < -0.39 is 5.72 Å². The second kappa shape index (κ2) is 9.30. The number of hydrogen-bond donors (Lipinski definition) is 1. The molecule has 0 spiro atoms. The van der Waals surface area contributed by atoms with Gasteiger partial charge in [0.25, 0.3) is 5.91 Å². The number of methoxy groups -OCH3 is 1. The molecule has 1 N–H and O–H groups in total. The van der Waals surface area contributed by atoms with E-state index in [0.717, 1.165) is 24.8 Å². The molecule has 1 aromatic carbocycles. The molecule has 1 aliphatic heterocycles. The van der Waals surface area contributed by atoms with Crippen molar-refractivity contribution in [3.63, 3.8) is 0 Å². The fourth-order valence-corrected chi connectivity index (χ4v) is 6.97. The lowest BCUT2D eigenvalue weighted by molar-refractivity contribution is -0.129. The number of rotatable bonds is 6. The minimum atomic E-state index is -1.00. The van der Waals surface area contributed by atoms with Crippen LogP contribution < -0.4 is 5.32 Å². The number of allylic oxidation sites excluding steroid dienone is 4. The van der Waals surface area contributed by atoms with Crippen LogP contribution in [0.25, 0.3) is 0 Å². The summed E-state index contributed by atoms with van der Waals surface area (Å²) >= 11 is 0. The molecular formula is C30H39NO3. The zero-order chi connectivity index (χ0) is 24.7. The van der Waals surface area contributed by atoms with Gasteiger partial charge < -0.3 is 10.1 Å². The average molecular weight is 462 g/mol. The van der Waals surface area contributed by atoms with E-state index in [2.05, 4.69) is 45.2 Å². The number of benzene rings is 1. The summed E-state index contributed by atoms with van der Waals surface area (Å²) in [5, 5.41) is 2.99. The fraction of sp³-hybridized carbons (Fsp3) is 0.533. The number of ketones is 1. The highest BCUT2D eigenvalue weighted by atomic mass is 16.5. The quantitative estimate of drug-likeness (QED) is 0.430. The van der Waals surface area contributed by atoms with Crippen LogP contribution in [0.3, 0.4) is 0 Å². The molecule has 1 fully saturated rings. The average Bonchev–Trinajstić information content (AvgIpc) is 3.13. The molecule has 1 aromatic rings. The first kappa shape index (κ1) is 24.7. The molecule has 0 saturated heterocycles. The Labute approximate surface area is 204 Å². The van der Waals surface area contributed by atoms with Gasteiger partial charge in [0.05, 0.1) is 5.57 Å². The van der Waals surface area contributed by atoms with Gasteiger partial charge in [-0.3, -0.25) is 9.59 Å². The number of carbonyl (C=O) groups excluding carboxylic acids is 2. The third-order valence-corrected chi connectivity index (χ3v) is 8.58. The van der Waals surface area contributed by atoms with E-state index >= 15 is 0 Å². The van der Waals surface area contributed by atoms with E-state index in [0.29, 0.717) is 12.3 Å². The molecule has 0 bridgehead atoms. The maximum Gasteiger partial charge on any atom is 0.257 e. The van der Waals surface area contributed by atoms with Gasteiger partial charge in [0, 0.05) is 25.4 Å². The fourth-order valence-electron chi connectivity index (χ4n) is 6.97. The first-order chi connectivity index (χ1) is 16.1. The number of hydrogen-bond acceptors (Lipinski definition) is 3. The first-order valence-corrected chi connectivity index (χ1v) is 12.6. The first-order valence-electron chi connectivity index (χ1n) is 12.6. The van der Waals surface area contributed by atoms with Crippen molar-refractivity contribution < 1.29 is 14.3 Å². The predicted octanol–water partition coefficient (Wildman–Crippen LogP) is 5.80. The number of amides is 1. The van der Waals surface area contributed by atoms with Gasteiger partial charge in [-0.25, -0.2) is 0 Å². The van der Waals surface area contributed by atoms with Crippen LogP contribution in [0.4, 0.5) is 0 Å². The van der Waals surface area contributed by atoms with E-state index in [9.17, 15) is 9.59 Å². The van der Waals surface area contributed by atoms with E-state index in [1.807, 2.05) is 37.3 Å². The summed E-state index contributed by atoms with van der Waals surface area (Å²) < 4.78 is 5.81. The predicted molar refractivity (Wildman–Crippen MR) is 136 cm³/mol. The van der Waals surface area contributed by atoms with E-state index in [-0.39, 0.29) is 40.4 Å². The molecule has 6 atom stereocenters. The molecule has 3 aliphatic rings. The van der Waals surface area contributed by atoms with E-state index in [4.69, 9.17) is 4.74 Å². The summed E-state index contributed by atoms with van der Waals surface area (Å²) in [7, 11) is 1.59. The normalized spacial score (nSPS) is 35.8. The van der Waals surface area contributed by atoms with Crippen molar-refractivity contribution in [2.24, 2.45) is 29.1 Å². The topological polar surface area (TPSA) is 55.4 Å². The maximum atomic E-state index is 14.3. The molecule has 2 aliphatic carbocycles. The zero-order valence-electron chi connectivity index (χ0n) is 21.5. The molecule has 1 saturated carbocycles. The summed E-state index contributed by atoms with van der Waals surface area (Å²) in [4.78, 5) is 27.5. The van der Waals surface area contributed by atoms with Crippen molar-refractivity contribution in [3.8, 4) is 0 Å².